The largest absolute Gasteiger partial charge is 0.524 e. The van der Waals surface area contributed by atoms with Gasteiger partial charge in [0.05, 0.1) is 0 Å². The summed E-state index contributed by atoms with van der Waals surface area (Å²) in [5.41, 5.74) is 6.72. The molecule has 0 saturated heterocycles. The highest BCUT2D eigenvalue weighted by Gasteiger charge is 2.22. The second-order valence-corrected chi connectivity index (χ2v) is 5.57. The molecule has 0 radical (unpaired) electrons. The van der Waals surface area contributed by atoms with E-state index in [1.165, 1.54) is 5.56 Å². The molecule has 0 aliphatic rings. The lowest BCUT2D eigenvalue weighted by Crippen LogP contribution is -2.15. The Morgan fingerprint density at radius 3 is 2.67 bits per heavy atom. The third kappa shape index (κ3) is 5.28. The Labute approximate surface area is 94.9 Å². The molecule has 0 amide bonds. The van der Waals surface area contributed by atoms with E-state index in [4.69, 9.17) is 10.6 Å². The van der Waals surface area contributed by atoms with Crippen LogP contribution < -0.4 is 5.73 Å². The minimum Gasteiger partial charge on any atom is -0.285 e. The summed E-state index contributed by atoms with van der Waals surface area (Å²) in [4.78, 5) is 8.71. The molecule has 1 aromatic rings. The van der Waals surface area contributed by atoms with Gasteiger partial charge in [-0.05, 0) is 15.9 Å². The van der Waals surface area contributed by atoms with E-state index in [2.05, 4.69) is 12.1 Å². The van der Waals surface area contributed by atoms with Crippen LogP contribution in [0.1, 0.15) is 12.0 Å². The van der Waals surface area contributed by atoms with Gasteiger partial charge in [0.2, 0.25) is 5.78 Å². The summed E-state index contributed by atoms with van der Waals surface area (Å²) in [7, 11) is -2.22. The number of hydrogen-bond donors (Lipinski definition) is 2. The first kappa shape index (κ1) is 12.7. The fourth-order valence-corrected chi connectivity index (χ4v) is 2.60. The zero-order valence-electron chi connectivity index (χ0n) is 8.37. The molecule has 0 heterocycles. The molecule has 0 spiro atoms. The van der Waals surface area contributed by atoms with Gasteiger partial charge in [-0.2, -0.15) is 16.7 Å². The summed E-state index contributed by atoms with van der Waals surface area (Å²) in [6, 6.07) is 10.1. The van der Waals surface area contributed by atoms with Crippen molar-refractivity contribution in [1.29, 1.82) is 0 Å². The fourth-order valence-electron chi connectivity index (χ4n) is 1.08. The number of thioether (sulfide) groups is 1. The van der Waals surface area contributed by atoms with Gasteiger partial charge in [-0.1, -0.05) is 30.3 Å². The van der Waals surface area contributed by atoms with Crippen molar-refractivity contribution in [3.05, 3.63) is 35.9 Å². The molecule has 82 valence electrons. The molecule has 3 nitrogen and oxygen atoms in total. The summed E-state index contributed by atoms with van der Waals surface area (Å²) >= 11 is 1.73. The molecule has 2 unspecified atom stereocenters. The van der Waals surface area contributed by atoms with Gasteiger partial charge in [-0.3, -0.25) is 5.73 Å². The molecule has 3 N–H and O–H groups in total. The first-order valence-electron chi connectivity index (χ1n) is 4.72. The maximum absolute atomic E-state index is 10.6. The quantitative estimate of drug-likeness (QED) is 0.595. The highest BCUT2D eigenvalue weighted by atomic mass is 32.2. The van der Waals surface area contributed by atoms with E-state index < -0.39 is 13.8 Å². The lowest BCUT2D eigenvalue weighted by atomic mass is 10.2. The minimum absolute atomic E-state index is 0.580. The number of nitrogens with two attached hydrogens (primary N) is 1. The molecule has 0 aliphatic heterocycles. The summed E-state index contributed by atoms with van der Waals surface area (Å²) in [5, 5.41) is 0. The van der Waals surface area contributed by atoms with Crippen molar-refractivity contribution in [2.75, 3.05) is 5.75 Å². The molecule has 0 saturated carbocycles. The summed E-state index contributed by atoms with van der Waals surface area (Å²) in [5.74, 6) is 1.16. The van der Waals surface area contributed by atoms with E-state index in [1.807, 2.05) is 18.2 Å². The highest BCUT2D eigenvalue weighted by Crippen LogP contribution is 2.22. The molecule has 2 atom stereocenters. The standard InChI is InChI=1S/C10H14NO2PS/c11-10(14(12)13)6-7-15-8-9-4-2-1-3-5-9/h1-5,10H,6-8,11H2/p+1. The van der Waals surface area contributed by atoms with Crippen LogP contribution in [0.15, 0.2) is 30.3 Å². The van der Waals surface area contributed by atoms with Crippen LogP contribution in [0.2, 0.25) is 0 Å². The molecular weight excluding hydrogens is 229 g/mol. The van der Waals surface area contributed by atoms with Crippen LogP contribution in [-0.4, -0.2) is 16.4 Å². The Hall–Kier alpha value is -0.410. The Morgan fingerprint density at radius 1 is 1.40 bits per heavy atom. The highest BCUT2D eigenvalue weighted by molar-refractivity contribution is 7.98. The zero-order valence-corrected chi connectivity index (χ0v) is 10.1. The topological polar surface area (TPSA) is 63.3 Å². The molecule has 0 fully saturated rings. The van der Waals surface area contributed by atoms with Crippen molar-refractivity contribution in [3.63, 3.8) is 0 Å². The second kappa shape index (κ2) is 6.96. The Morgan fingerprint density at radius 2 is 2.07 bits per heavy atom. The normalized spacial score (nSPS) is 13.6. The molecule has 0 aliphatic carbocycles. The van der Waals surface area contributed by atoms with Crippen molar-refractivity contribution < 1.29 is 9.46 Å². The molecule has 5 heteroatoms. The van der Waals surface area contributed by atoms with Crippen LogP contribution in [0.25, 0.3) is 0 Å². The van der Waals surface area contributed by atoms with Crippen molar-refractivity contribution in [3.8, 4) is 0 Å². The second-order valence-electron chi connectivity index (χ2n) is 3.20. The number of benzene rings is 1. The molecular formula is C10H15NO2PS+. The minimum atomic E-state index is -2.22. The van der Waals surface area contributed by atoms with Crippen LogP contribution in [-0.2, 0) is 10.3 Å². The van der Waals surface area contributed by atoms with Crippen LogP contribution >= 0.6 is 19.8 Å². The zero-order chi connectivity index (χ0) is 11.1. The van der Waals surface area contributed by atoms with Gasteiger partial charge in [-0.15, -0.1) is 0 Å². The van der Waals surface area contributed by atoms with Crippen molar-refractivity contribution in [2.24, 2.45) is 5.73 Å². The Balaban J connectivity index is 2.15. The lowest BCUT2D eigenvalue weighted by Gasteiger charge is -2.01. The molecule has 15 heavy (non-hydrogen) atoms. The summed E-state index contributed by atoms with van der Waals surface area (Å²) < 4.78 is 10.6. The Bertz CT molecular complexity index is 308. The fraction of sp³-hybridized carbons (Fsp3) is 0.400. The molecule has 1 rings (SSSR count). The van der Waals surface area contributed by atoms with E-state index >= 15 is 0 Å². The van der Waals surface area contributed by atoms with E-state index in [0.29, 0.717) is 6.42 Å². The van der Waals surface area contributed by atoms with Crippen LogP contribution in [0.4, 0.5) is 0 Å². The lowest BCUT2D eigenvalue weighted by molar-refractivity contribution is 0.488. The first-order chi connectivity index (χ1) is 7.20. The van der Waals surface area contributed by atoms with E-state index in [0.717, 1.165) is 11.5 Å². The van der Waals surface area contributed by atoms with E-state index in [1.54, 1.807) is 11.8 Å². The summed E-state index contributed by atoms with van der Waals surface area (Å²) in [6.07, 6.45) is 0.587. The van der Waals surface area contributed by atoms with Crippen molar-refractivity contribution >= 4 is 19.8 Å². The van der Waals surface area contributed by atoms with Crippen LogP contribution in [0.3, 0.4) is 0 Å². The third-order valence-electron chi connectivity index (χ3n) is 1.95. The Kier molecular flexibility index (Phi) is 5.88. The van der Waals surface area contributed by atoms with Gasteiger partial charge in [0.25, 0.3) is 0 Å². The predicted octanol–water partition coefficient (Wildman–Crippen LogP) is 2.33. The van der Waals surface area contributed by atoms with Gasteiger partial charge in [0.15, 0.2) is 0 Å². The maximum atomic E-state index is 10.6. The molecule has 0 bridgehead atoms. The average Bonchev–Trinajstić information content (AvgIpc) is 2.25. The average molecular weight is 244 g/mol. The van der Waals surface area contributed by atoms with Crippen molar-refractivity contribution in [2.45, 2.75) is 18.0 Å². The van der Waals surface area contributed by atoms with Crippen LogP contribution in [0.5, 0.6) is 0 Å². The smallest absolute Gasteiger partial charge is 0.285 e. The summed E-state index contributed by atoms with van der Waals surface area (Å²) in [6.45, 7) is 0. The third-order valence-corrected chi connectivity index (χ3v) is 3.84. The number of rotatable bonds is 6. The van der Waals surface area contributed by atoms with Gasteiger partial charge >= 0.3 is 8.03 Å². The molecule has 1 aromatic carbocycles. The monoisotopic (exact) mass is 244 g/mol. The van der Waals surface area contributed by atoms with Crippen LogP contribution in [0, 0.1) is 0 Å². The van der Waals surface area contributed by atoms with Gasteiger partial charge in [0.1, 0.15) is 0 Å². The SMILES string of the molecule is NC(CCSCc1ccccc1)[P+](=O)O. The van der Waals surface area contributed by atoms with Gasteiger partial charge in [0, 0.05) is 12.2 Å². The number of hydrogen-bond acceptors (Lipinski definition) is 3. The van der Waals surface area contributed by atoms with E-state index in [9.17, 15) is 4.57 Å². The van der Waals surface area contributed by atoms with Gasteiger partial charge in [-0.25, -0.2) is 0 Å². The predicted molar refractivity (Wildman–Crippen MR) is 65.0 cm³/mol. The molecule has 0 aromatic heterocycles. The van der Waals surface area contributed by atoms with E-state index in [-0.39, 0.29) is 0 Å². The van der Waals surface area contributed by atoms with Gasteiger partial charge < -0.3 is 0 Å². The van der Waals surface area contributed by atoms with Crippen molar-refractivity contribution in [1.82, 2.24) is 0 Å². The maximum Gasteiger partial charge on any atom is 0.524 e. The first-order valence-corrected chi connectivity index (χ1v) is 7.16.